The molecule has 3 rings (SSSR count). The van der Waals surface area contributed by atoms with Crippen LogP contribution in [0.1, 0.15) is 6.92 Å². The summed E-state index contributed by atoms with van der Waals surface area (Å²) in [4.78, 5) is 6.67. The van der Waals surface area contributed by atoms with E-state index in [-0.39, 0.29) is 0 Å². The molecule has 1 aromatic carbocycles. The Morgan fingerprint density at radius 1 is 1.30 bits per heavy atom. The minimum Gasteiger partial charge on any atom is -0.337 e. The van der Waals surface area contributed by atoms with Crippen LogP contribution in [0.2, 0.25) is 10.0 Å². The fraction of sp³-hybridized carbons (Fsp3) is 0.385. The summed E-state index contributed by atoms with van der Waals surface area (Å²) in [6.45, 7) is 4.84. The van der Waals surface area contributed by atoms with Gasteiger partial charge in [-0.3, -0.25) is 5.10 Å². The van der Waals surface area contributed by atoms with Gasteiger partial charge in [0.25, 0.3) is 0 Å². The molecule has 0 bridgehead atoms. The molecule has 2 N–H and O–H groups in total. The molecular weight excluding hydrogens is 297 g/mol. The van der Waals surface area contributed by atoms with E-state index in [1.807, 2.05) is 6.07 Å². The molecule has 1 aliphatic heterocycles. The predicted octanol–water partition coefficient (Wildman–Crippen LogP) is 2.58. The van der Waals surface area contributed by atoms with Crippen LogP contribution in [-0.4, -0.2) is 40.9 Å². The van der Waals surface area contributed by atoms with Crippen molar-refractivity contribution in [3.05, 3.63) is 28.2 Å². The van der Waals surface area contributed by atoms with Crippen LogP contribution in [0.5, 0.6) is 0 Å². The average molecular weight is 312 g/mol. The highest BCUT2D eigenvalue weighted by Crippen LogP contribution is 2.32. The summed E-state index contributed by atoms with van der Waals surface area (Å²) < 4.78 is 0. The first-order valence-electron chi connectivity index (χ1n) is 6.50. The number of hydrogen-bond donors (Lipinski definition) is 2. The molecule has 0 radical (unpaired) electrons. The molecule has 2 aromatic rings. The molecule has 1 saturated heterocycles. The van der Waals surface area contributed by atoms with Crippen LogP contribution in [0.4, 0.5) is 5.95 Å². The summed E-state index contributed by atoms with van der Waals surface area (Å²) in [5, 5.41) is 11.7. The maximum absolute atomic E-state index is 6.19. The monoisotopic (exact) mass is 311 g/mol. The molecule has 1 aliphatic rings. The SMILES string of the molecule is C[C@@H]1CN(c2n[nH]c(-c3c(Cl)cccc3Cl)n2)CCN1. The normalized spacial score (nSPS) is 19.4. The maximum Gasteiger partial charge on any atom is 0.245 e. The predicted molar refractivity (Wildman–Crippen MR) is 81.5 cm³/mol. The van der Waals surface area contributed by atoms with E-state index in [9.17, 15) is 0 Å². The van der Waals surface area contributed by atoms with Gasteiger partial charge in [-0.05, 0) is 19.1 Å². The fourth-order valence-electron chi connectivity index (χ4n) is 2.34. The number of H-pyrrole nitrogens is 1. The minimum absolute atomic E-state index is 0.426. The van der Waals surface area contributed by atoms with E-state index in [1.54, 1.807) is 12.1 Å². The number of nitrogens with zero attached hydrogens (tertiary/aromatic N) is 3. The fourth-order valence-corrected chi connectivity index (χ4v) is 2.92. The zero-order valence-electron chi connectivity index (χ0n) is 11.0. The highest BCUT2D eigenvalue weighted by molar-refractivity contribution is 6.38. The lowest BCUT2D eigenvalue weighted by Crippen LogP contribution is -2.49. The van der Waals surface area contributed by atoms with Gasteiger partial charge in [0, 0.05) is 25.7 Å². The number of aromatic nitrogens is 3. The van der Waals surface area contributed by atoms with Crippen LogP contribution in [0.15, 0.2) is 18.2 Å². The molecule has 0 saturated carbocycles. The number of piperazine rings is 1. The first-order chi connectivity index (χ1) is 9.65. The van der Waals surface area contributed by atoms with Crippen molar-refractivity contribution in [2.75, 3.05) is 24.5 Å². The zero-order chi connectivity index (χ0) is 14.1. The van der Waals surface area contributed by atoms with E-state index >= 15 is 0 Å². The molecule has 7 heteroatoms. The number of benzene rings is 1. The van der Waals surface area contributed by atoms with Crippen molar-refractivity contribution in [2.24, 2.45) is 0 Å². The summed E-state index contributed by atoms with van der Waals surface area (Å²) in [5.74, 6) is 1.28. The van der Waals surface area contributed by atoms with Gasteiger partial charge in [-0.2, -0.15) is 4.98 Å². The number of rotatable bonds is 2. The van der Waals surface area contributed by atoms with Crippen LogP contribution in [0.3, 0.4) is 0 Å². The Balaban J connectivity index is 1.90. The van der Waals surface area contributed by atoms with Crippen molar-refractivity contribution in [3.63, 3.8) is 0 Å². The van der Waals surface area contributed by atoms with Gasteiger partial charge >= 0.3 is 0 Å². The van der Waals surface area contributed by atoms with Gasteiger partial charge < -0.3 is 10.2 Å². The molecule has 106 valence electrons. The second kappa shape index (κ2) is 5.60. The number of hydrogen-bond acceptors (Lipinski definition) is 4. The van der Waals surface area contributed by atoms with E-state index in [0.29, 0.717) is 33.4 Å². The smallest absolute Gasteiger partial charge is 0.245 e. The van der Waals surface area contributed by atoms with Gasteiger partial charge in [0.15, 0.2) is 5.82 Å². The Labute approximate surface area is 127 Å². The third kappa shape index (κ3) is 2.61. The topological polar surface area (TPSA) is 56.8 Å². The van der Waals surface area contributed by atoms with E-state index in [1.165, 1.54) is 0 Å². The van der Waals surface area contributed by atoms with Crippen molar-refractivity contribution < 1.29 is 0 Å². The van der Waals surface area contributed by atoms with Crippen molar-refractivity contribution >= 4 is 29.2 Å². The van der Waals surface area contributed by atoms with Gasteiger partial charge in [-0.15, -0.1) is 5.10 Å². The van der Waals surface area contributed by atoms with E-state index in [4.69, 9.17) is 23.2 Å². The van der Waals surface area contributed by atoms with Crippen LogP contribution in [-0.2, 0) is 0 Å². The Morgan fingerprint density at radius 3 is 2.75 bits per heavy atom. The summed E-state index contributed by atoms with van der Waals surface area (Å²) in [7, 11) is 0. The molecule has 5 nitrogen and oxygen atoms in total. The van der Waals surface area contributed by atoms with Gasteiger partial charge in [0.1, 0.15) is 0 Å². The molecule has 1 aromatic heterocycles. The van der Waals surface area contributed by atoms with E-state index < -0.39 is 0 Å². The number of halogens is 2. The van der Waals surface area contributed by atoms with Gasteiger partial charge in [0.2, 0.25) is 5.95 Å². The summed E-state index contributed by atoms with van der Waals surface area (Å²) in [5.41, 5.74) is 0.692. The second-order valence-corrected chi connectivity index (χ2v) is 5.70. The van der Waals surface area contributed by atoms with Gasteiger partial charge in [0.05, 0.1) is 15.6 Å². The summed E-state index contributed by atoms with van der Waals surface area (Å²) >= 11 is 12.4. The Morgan fingerprint density at radius 2 is 2.05 bits per heavy atom. The molecule has 0 amide bonds. The van der Waals surface area contributed by atoms with Crippen LogP contribution in [0.25, 0.3) is 11.4 Å². The Hall–Kier alpha value is -1.30. The molecule has 20 heavy (non-hydrogen) atoms. The van der Waals surface area contributed by atoms with Crippen LogP contribution >= 0.6 is 23.2 Å². The third-order valence-electron chi connectivity index (χ3n) is 3.32. The highest BCUT2D eigenvalue weighted by Gasteiger charge is 2.20. The van der Waals surface area contributed by atoms with Crippen molar-refractivity contribution in [1.29, 1.82) is 0 Å². The standard InChI is InChI=1S/C13H15Cl2N5/c1-8-7-20(6-5-16-8)13-17-12(18-19-13)11-9(14)3-2-4-10(11)15/h2-4,8,16H,5-7H2,1H3,(H,17,18,19)/t8-/m1/s1. The lowest BCUT2D eigenvalue weighted by atomic mass is 10.2. The Kier molecular flexibility index (Phi) is 3.83. The van der Waals surface area contributed by atoms with E-state index in [0.717, 1.165) is 19.6 Å². The molecular formula is C13H15Cl2N5. The number of anilines is 1. The first-order valence-corrected chi connectivity index (χ1v) is 7.26. The molecule has 1 fully saturated rings. The summed E-state index contributed by atoms with van der Waals surface area (Å²) in [6, 6.07) is 5.81. The lowest BCUT2D eigenvalue weighted by Gasteiger charge is -2.30. The van der Waals surface area contributed by atoms with Gasteiger partial charge in [-0.25, -0.2) is 0 Å². The number of nitrogens with one attached hydrogen (secondary N) is 2. The summed E-state index contributed by atoms with van der Waals surface area (Å²) in [6.07, 6.45) is 0. The molecule has 0 aliphatic carbocycles. The highest BCUT2D eigenvalue weighted by atomic mass is 35.5. The van der Waals surface area contributed by atoms with Crippen LogP contribution < -0.4 is 10.2 Å². The molecule has 2 heterocycles. The zero-order valence-corrected chi connectivity index (χ0v) is 12.5. The first kappa shape index (κ1) is 13.7. The van der Waals surface area contributed by atoms with Crippen molar-refractivity contribution in [1.82, 2.24) is 20.5 Å². The Bertz CT molecular complexity index is 592. The molecule has 0 spiro atoms. The average Bonchev–Trinajstić information content (AvgIpc) is 2.88. The third-order valence-corrected chi connectivity index (χ3v) is 3.95. The molecule has 1 atom stereocenters. The maximum atomic E-state index is 6.19. The number of aromatic amines is 1. The molecule has 0 unspecified atom stereocenters. The minimum atomic E-state index is 0.426. The largest absolute Gasteiger partial charge is 0.337 e. The van der Waals surface area contributed by atoms with Crippen molar-refractivity contribution in [3.8, 4) is 11.4 Å². The quantitative estimate of drug-likeness (QED) is 0.895. The second-order valence-electron chi connectivity index (χ2n) is 4.88. The van der Waals surface area contributed by atoms with Crippen molar-refractivity contribution in [2.45, 2.75) is 13.0 Å². The van der Waals surface area contributed by atoms with Gasteiger partial charge in [-0.1, -0.05) is 29.3 Å². The van der Waals surface area contributed by atoms with E-state index in [2.05, 4.69) is 32.3 Å². The van der Waals surface area contributed by atoms with Crippen LogP contribution in [0, 0.1) is 0 Å². The lowest BCUT2D eigenvalue weighted by molar-refractivity contribution is 0.480.